The van der Waals surface area contributed by atoms with Crippen LogP contribution in [0.15, 0.2) is 30.6 Å². The van der Waals surface area contributed by atoms with E-state index in [1.54, 1.807) is 18.0 Å². The normalized spacial score (nSPS) is 10.3. The first-order valence-electron chi connectivity index (χ1n) is 5.20. The SMILES string of the molecule is CN(Cc1ccc(Cl)s1)C(=O)c1cncc(O)c1. The molecule has 1 N–H and O–H groups in total. The highest BCUT2D eigenvalue weighted by Crippen LogP contribution is 2.23. The maximum Gasteiger partial charge on any atom is 0.255 e. The number of rotatable bonds is 3. The van der Waals surface area contributed by atoms with Crippen molar-refractivity contribution in [2.45, 2.75) is 6.54 Å². The van der Waals surface area contributed by atoms with Crippen LogP contribution in [0.4, 0.5) is 0 Å². The minimum absolute atomic E-state index is 0.0200. The van der Waals surface area contributed by atoms with Gasteiger partial charge in [0.25, 0.3) is 5.91 Å². The van der Waals surface area contributed by atoms with Crippen LogP contribution in [0, 0.1) is 0 Å². The van der Waals surface area contributed by atoms with Crippen LogP contribution in [0.2, 0.25) is 4.34 Å². The van der Waals surface area contributed by atoms with Gasteiger partial charge in [-0.2, -0.15) is 0 Å². The van der Waals surface area contributed by atoms with E-state index in [1.165, 1.54) is 29.8 Å². The Balaban J connectivity index is 2.09. The molecule has 4 nitrogen and oxygen atoms in total. The predicted molar refractivity (Wildman–Crippen MR) is 71.0 cm³/mol. The number of amides is 1. The Labute approximate surface area is 113 Å². The number of pyridine rings is 1. The molecule has 0 aromatic carbocycles. The summed E-state index contributed by atoms with van der Waals surface area (Å²) in [4.78, 5) is 18.4. The molecule has 0 aliphatic carbocycles. The molecule has 0 saturated carbocycles. The number of carbonyl (C=O) groups excluding carboxylic acids is 1. The Morgan fingerprint density at radius 1 is 1.50 bits per heavy atom. The van der Waals surface area contributed by atoms with Crippen LogP contribution < -0.4 is 0 Å². The van der Waals surface area contributed by atoms with E-state index < -0.39 is 0 Å². The highest BCUT2D eigenvalue weighted by molar-refractivity contribution is 7.16. The summed E-state index contributed by atoms with van der Waals surface area (Å²) in [5, 5.41) is 9.29. The third kappa shape index (κ3) is 3.00. The van der Waals surface area contributed by atoms with Gasteiger partial charge in [0.15, 0.2) is 0 Å². The number of hydrogen-bond acceptors (Lipinski definition) is 4. The smallest absolute Gasteiger partial charge is 0.255 e. The fourth-order valence-electron chi connectivity index (χ4n) is 1.51. The zero-order valence-electron chi connectivity index (χ0n) is 9.63. The van der Waals surface area contributed by atoms with Gasteiger partial charge < -0.3 is 10.0 Å². The Morgan fingerprint density at radius 3 is 2.89 bits per heavy atom. The first kappa shape index (κ1) is 12.9. The molecule has 0 atom stereocenters. The van der Waals surface area contributed by atoms with Crippen LogP contribution in [0.1, 0.15) is 15.2 Å². The maximum atomic E-state index is 12.1. The van der Waals surface area contributed by atoms with Crippen LogP contribution in [-0.2, 0) is 6.54 Å². The quantitative estimate of drug-likeness (QED) is 0.942. The van der Waals surface area contributed by atoms with E-state index in [9.17, 15) is 9.90 Å². The van der Waals surface area contributed by atoms with Crippen molar-refractivity contribution in [1.29, 1.82) is 0 Å². The summed E-state index contributed by atoms with van der Waals surface area (Å²) in [6.07, 6.45) is 2.72. The van der Waals surface area contributed by atoms with Crippen molar-refractivity contribution in [2.75, 3.05) is 7.05 Å². The van der Waals surface area contributed by atoms with E-state index in [0.29, 0.717) is 16.4 Å². The molecule has 6 heteroatoms. The van der Waals surface area contributed by atoms with Crippen molar-refractivity contribution >= 4 is 28.8 Å². The molecular formula is C12H11ClN2O2S. The second-order valence-corrected chi connectivity index (χ2v) is 5.60. The second kappa shape index (κ2) is 5.37. The Morgan fingerprint density at radius 2 is 2.28 bits per heavy atom. The molecule has 2 aromatic heterocycles. The van der Waals surface area contributed by atoms with Crippen LogP contribution in [0.5, 0.6) is 5.75 Å². The number of aromatic hydroxyl groups is 1. The standard InChI is InChI=1S/C12H11ClN2O2S/c1-15(7-10-2-3-11(13)18-10)12(17)8-4-9(16)6-14-5-8/h2-6,16H,7H2,1H3. The zero-order valence-corrected chi connectivity index (χ0v) is 11.2. The number of carbonyl (C=O) groups is 1. The lowest BCUT2D eigenvalue weighted by atomic mass is 10.2. The van der Waals surface area contributed by atoms with Gasteiger partial charge in [0, 0.05) is 18.1 Å². The fraction of sp³-hybridized carbons (Fsp3) is 0.167. The predicted octanol–water partition coefficient (Wildman–Crippen LogP) is 2.77. The van der Waals surface area contributed by atoms with E-state index in [0.717, 1.165) is 4.88 Å². The first-order chi connectivity index (χ1) is 8.56. The van der Waals surface area contributed by atoms with Gasteiger partial charge in [0.1, 0.15) is 5.75 Å². The lowest BCUT2D eigenvalue weighted by molar-refractivity contribution is 0.0785. The van der Waals surface area contributed by atoms with Crippen molar-refractivity contribution in [3.63, 3.8) is 0 Å². The highest BCUT2D eigenvalue weighted by Gasteiger charge is 2.13. The third-order valence-electron chi connectivity index (χ3n) is 2.34. The molecule has 0 unspecified atom stereocenters. The van der Waals surface area contributed by atoms with Crippen LogP contribution in [0.25, 0.3) is 0 Å². The van der Waals surface area contributed by atoms with Crippen LogP contribution >= 0.6 is 22.9 Å². The highest BCUT2D eigenvalue weighted by atomic mass is 35.5. The van der Waals surface area contributed by atoms with Gasteiger partial charge in [0.05, 0.1) is 22.6 Å². The zero-order chi connectivity index (χ0) is 13.1. The third-order valence-corrected chi connectivity index (χ3v) is 3.56. The molecular weight excluding hydrogens is 272 g/mol. The monoisotopic (exact) mass is 282 g/mol. The molecule has 1 amide bonds. The van der Waals surface area contributed by atoms with Crippen molar-refractivity contribution in [2.24, 2.45) is 0 Å². The average molecular weight is 283 g/mol. The lowest BCUT2D eigenvalue weighted by Crippen LogP contribution is -2.25. The van der Waals surface area contributed by atoms with E-state index >= 15 is 0 Å². The van der Waals surface area contributed by atoms with Gasteiger partial charge in [-0.1, -0.05) is 11.6 Å². The molecule has 0 aliphatic heterocycles. The largest absolute Gasteiger partial charge is 0.506 e. The van der Waals surface area contributed by atoms with Crippen molar-refractivity contribution in [3.8, 4) is 5.75 Å². The molecule has 0 aliphatic rings. The Hall–Kier alpha value is -1.59. The van der Waals surface area contributed by atoms with Gasteiger partial charge >= 0.3 is 0 Å². The minimum Gasteiger partial charge on any atom is -0.506 e. The number of aromatic nitrogens is 1. The number of thiophene rings is 1. The molecule has 2 rings (SSSR count). The lowest BCUT2D eigenvalue weighted by Gasteiger charge is -2.16. The van der Waals surface area contributed by atoms with Gasteiger partial charge in [-0.25, -0.2) is 0 Å². The maximum absolute atomic E-state index is 12.1. The summed E-state index contributed by atoms with van der Waals surface area (Å²) in [6, 6.07) is 5.08. The Kier molecular flexibility index (Phi) is 3.84. The molecule has 0 radical (unpaired) electrons. The summed E-state index contributed by atoms with van der Waals surface area (Å²) in [6.45, 7) is 0.478. The van der Waals surface area contributed by atoms with Crippen molar-refractivity contribution in [3.05, 3.63) is 45.4 Å². The number of halogens is 1. The Bertz CT molecular complexity index is 571. The van der Waals surface area contributed by atoms with Crippen molar-refractivity contribution in [1.82, 2.24) is 9.88 Å². The van der Waals surface area contributed by atoms with E-state index in [2.05, 4.69) is 4.98 Å². The van der Waals surface area contributed by atoms with Crippen LogP contribution in [0.3, 0.4) is 0 Å². The first-order valence-corrected chi connectivity index (χ1v) is 6.39. The summed E-state index contributed by atoms with van der Waals surface area (Å²) < 4.78 is 0.699. The molecule has 2 heterocycles. The summed E-state index contributed by atoms with van der Waals surface area (Å²) in [7, 11) is 1.69. The molecule has 0 fully saturated rings. The summed E-state index contributed by atoms with van der Waals surface area (Å²) >= 11 is 7.27. The number of nitrogens with zero attached hydrogens (tertiary/aromatic N) is 2. The molecule has 0 saturated heterocycles. The van der Waals surface area contributed by atoms with Gasteiger partial charge in [-0.15, -0.1) is 11.3 Å². The fourth-order valence-corrected chi connectivity index (χ4v) is 2.65. The summed E-state index contributed by atoms with van der Waals surface area (Å²) in [5.41, 5.74) is 0.361. The molecule has 0 spiro atoms. The molecule has 18 heavy (non-hydrogen) atoms. The second-order valence-electron chi connectivity index (χ2n) is 3.80. The van der Waals surface area contributed by atoms with Gasteiger partial charge in [-0.3, -0.25) is 9.78 Å². The van der Waals surface area contributed by atoms with Crippen LogP contribution in [-0.4, -0.2) is 27.9 Å². The molecule has 94 valence electrons. The molecule has 2 aromatic rings. The van der Waals surface area contributed by atoms with Gasteiger partial charge in [0.2, 0.25) is 0 Å². The van der Waals surface area contributed by atoms with E-state index in [1.807, 2.05) is 6.07 Å². The minimum atomic E-state index is -0.192. The van der Waals surface area contributed by atoms with Crippen molar-refractivity contribution < 1.29 is 9.90 Å². The van der Waals surface area contributed by atoms with E-state index in [-0.39, 0.29) is 11.7 Å². The van der Waals surface area contributed by atoms with Gasteiger partial charge in [-0.05, 0) is 18.2 Å². The average Bonchev–Trinajstić information content (AvgIpc) is 2.73. The summed E-state index contributed by atoms with van der Waals surface area (Å²) in [5.74, 6) is -0.212. The number of hydrogen-bond donors (Lipinski definition) is 1. The topological polar surface area (TPSA) is 53.4 Å². The molecule has 0 bridgehead atoms. The van der Waals surface area contributed by atoms with E-state index in [4.69, 9.17) is 11.6 Å².